The van der Waals surface area contributed by atoms with E-state index in [1.807, 2.05) is 19.9 Å². The van der Waals surface area contributed by atoms with Gasteiger partial charge in [-0.25, -0.2) is 4.39 Å². The van der Waals surface area contributed by atoms with E-state index in [1.54, 1.807) is 0 Å². The molecule has 0 aliphatic carbocycles. The fourth-order valence-corrected chi connectivity index (χ4v) is 2.70. The molecule has 0 spiro atoms. The predicted octanol–water partition coefficient (Wildman–Crippen LogP) is 2.20. The van der Waals surface area contributed by atoms with Crippen LogP contribution in [0.1, 0.15) is 29.7 Å². The number of aryl methyl sites for hydroxylation is 2. The molecular weight excluding hydrogens is 245 g/mol. The van der Waals surface area contributed by atoms with Crippen molar-refractivity contribution in [1.29, 1.82) is 0 Å². The summed E-state index contributed by atoms with van der Waals surface area (Å²) in [5.74, 6) is -0.345. The van der Waals surface area contributed by atoms with Gasteiger partial charge in [-0.05, 0) is 37.6 Å². The van der Waals surface area contributed by atoms with Gasteiger partial charge in [-0.1, -0.05) is 13.0 Å². The first-order chi connectivity index (χ1) is 9.02. The molecule has 2 unspecified atom stereocenters. The maximum atomic E-state index is 14.1. The lowest BCUT2D eigenvalue weighted by atomic mass is 9.96. The highest BCUT2D eigenvalue weighted by molar-refractivity contribution is 5.34. The van der Waals surface area contributed by atoms with Crippen LogP contribution < -0.4 is 0 Å². The molecule has 1 saturated heterocycles. The second-order valence-electron chi connectivity index (χ2n) is 5.22. The van der Waals surface area contributed by atoms with Crippen LogP contribution in [0.4, 0.5) is 4.39 Å². The van der Waals surface area contributed by atoms with Gasteiger partial charge in [0.05, 0.1) is 6.61 Å². The van der Waals surface area contributed by atoms with E-state index in [0.29, 0.717) is 18.7 Å². The number of benzene rings is 1. The number of hydrogen-bond donors (Lipinski definition) is 1. The number of aliphatic hydroxyl groups excluding tert-OH is 1. The van der Waals surface area contributed by atoms with E-state index in [4.69, 9.17) is 4.74 Å². The number of ether oxygens (including phenoxy) is 1. The summed E-state index contributed by atoms with van der Waals surface area (Å²) in [6.07, 6.45) is -1.26. The third-order valence-corrected chi connectivity index (χ3v) is 3.75. The molecule has 2 rings (SSSR count). The van der Waals surface area contributed by atoms with E-state index in [2.05, 4.69) is 11.8 Å². The van der Waals surface area contributed by atoms with Gasteiger partial charge < -0.3 is 9.84 Å². The van der Waals surface area contributed by atoms with Crippen LogP contribution in [0.3, 0.4) is 0 Å². The molecule has 0 amide bonds. The van der Waals surface area contributed by atoms with Crippen molar-refractivity contribution < 1.29 is 14.2 Å². The highest BCUT2D eigenvalue weighted by Crippen LogP contribution is 2.28. The van der Waals surface area contributed by atoms with E-state index in [9.17, 15) is 9.50 Å². The number of halogens is 1. The van der Waals surface area contributed by atoms with Crippen molar-refractivity contribution in [2.24, 2.45) is 0 Å². The van der Waals surface area contributed by atoms with Crippen molar-refractivity contribution >= 4 is 0 Å². The minimum absolute atomic E-state index is 0.345. The normalized spacial score (nSPS) is 22.5. The highest BCUT2D eigenvalue weighted by atomic mass is 19.1. The van der Waals surface area contributed by atoms with Crippen LogP contribution >= 0.6 is 0 Å². The zero-order valence-electron chi connectivity index (χ0n) is 11.8. The Labute approximate surface area is 114 Å². The van der Waals surface area contributed by atoms with E-state index in [0.717, 1.165) is 24.2 Å². The lowest BCUT2D eigenvalue weighted by Crippen LogP contribution is -2.45. The average Bonchev–Trinajstić information content (AvgIpc) is 2.37. The Morgan fingerprint density at radius 2 is 2.21 bits per heavy atom. The van der Waals surface area contributed by atoms with Crippen LogP contribution in [0.2, 0.25) is 0 Å². The molecule has 1 aromatic carbocycles. The van der Waals surface area contributed by atoms with Crippen molar-refractivity contribution in [3.63, 3.8) is 0 Å². The summed E-state index contributed by atoms with van der Waals surface area (Å²) < 4.78 is 19.7. The topological polar surface area (TPSA) is 32.7 Å². The van der Waals surface area contributed by atoms with Gasteiger partial charge in [0.25, 0.3) is 0 Å². The first-order valence-electron chi connectivity index (χ1n) is 6.81. The van der Waals surface area contributed by atoms with Gasteiger partial charge in [-0.2, -0.15) is 0 Å². The molecule has 1 heterocycles. The van der Waals surface area contributed by atoms with Crippen LogP contribution in [-0.4, -0.2) is 42.4 Å². The predicted molar refractivity (Wildman–Crippen MR) is 72.7 cm³/mol. The molecule has 3 nitrogen and oxygen atoms in total. The van der Waals surface area contributed by atoms with Gasteiger partial charge >= 0.3 is 0 Å². The molecule has 2 atom stereocenters. The Morgan fingerprint density at radius 3 is 2.84 bits per heavy atom. The maximum absolute atomic E-state index is 14.1. The number of aliphatic hydroxyl groups is 1. The van der Waals surface area contributed by atoms with Gasteiger partial charge in [0.15, 0.2) is 0 Å². The fraction of sp³-hybridized carbons (Fsp3) is 0.600. The Morgan fingerprint density at radius 1 is 1.47 bits per heavy atom. The smallest absolute Gasteiger partial charge is 0.129 e. The first kappa shape index (κ1) is 14.4. The Bertz CT molecular complexity index is 427. The van der Waals surface area contributed by atoms with Crippen LogP contribution in [0.25, 0.3) is 0 Å². The molecule has 0 saturated carbocycles. The van der Waals surface area contributed by atoms with E-state index < -0.39 is 6.10 Å². The SMILES string of the molecule is CCN1CCOC(C(O)c2c(C)cc(C)cc2F)C1. The first-order valence-corrected chi connectivity index (χ1v) is 6.81. The fourth-order valence-electron chi connectivity index (χ4n) is 2.70. The monoisotopic (exact) mass is 267 g/mol. The Kier molecular flexibility index (Phi) is 4.55. The minimum atomic E-state index is -0.907. The summed E-state index contributed by atoms with van der Waals surface area (Å²) in [5, 5.41) is 10.4. The van der Waals surface area contributed by atoms with Gasteiger partial charge in [0.2, 0.25) is 0 Å². The number of likely N-dealkylation sites (N-methyl/N-ethyl adjacent to an activating group) is 1. The van der Waals surface area contributed by atoms with Gasteiger partial charge in [0, 0.05) is 18.7 Å². The molecular formula is C15H22FNO2. The standard InChI is InChI=1S/C15H22FNO2/c1-4-17-5-6-19-13(9-17)15(18)14-11(3)7-10(2)8-12(14)16/h7-8,13,15,18H,4-6,9H2,1-3H3. The number of nitrogens with zero attached hydrogens (tertiary/aromatic N) is 1. The van der Waals surface area contributed by atoms with Crippen molar-refractivity contribution in [3.05, 3.63) is 34.6 Å². The summed E-state index contributed by atoms with van der Waals surface area (Å²) in [7, 11) is 0. The zero-order valence-corrected chi connectivity index (χ0v) is 11.8. The molecule has 1 aliphatic heterocycles. The third kappa shape index (κ3) is 3.14. The molecule has 1 fully saturated rings. The van der Waals surface area contributed by atoms with Crippen LogP contribution in [0.15, 0.2) is 12.1 Å². The lowest BCUT2D eigenvalue weighted by Gasteiger charge is -2.35. The van der Waals surface area contributed by atoms with Gasteiger partial charge in [-0.15, -0.1) is 0 Å². The van der Waals surface area contributed by atoms with Gasteiger partial charge in [0.1, 0.15) is 18.0 Å². The molecule has 106 valence electrons. The van der Waals surface area contributed by atoms with Crippen LogP contribution in [0, 0.1) is 19.7 Å². The summed E-state index contributed by atoms with van der Waals surface area (Å²) >= 11 is 0. The summed E-state index contributed by atoms with van der Waals surface area (Å²) in [6, 6.07) is 3.36. The second-order valence-corrected chi connectivity index (χ2v) is 5.22. The van der Waals surface area contributed by atoms with Crippen molar-refractivity contribution in [3.8, 4) is 0 Å². The Hall–Kier alpha value is -0.970. The third-order valence-electron chi connectivity index (χ3n) is 3.75. The van der Waals surface area contributed by atoms with Crippen molar-refractivity contribution in [2.75, 3.05) is 26.2 Å². The molecule has 0 aromatic heterocycles. The zero-order chi connectivity index (χ0) is 14.0. The van der Waals surface area contributed by atoms with Crippen molar-refractivity contribution in [1.82, 2.24) is 4.90 Å². The summed E-state index contributed by atoms with van der Waals surface area (Å²) in [5.41, 5.74) is 2.02. The largest absolute Gasteiger partial charge is 0.386 e. The number of morpholine rings is 1. The van der Waals surface area contributed by atoms with E-state index >= 15 is 0 Å². The Balaban J connectivity index is 2.21. The minimum Gasteiger partial charge on any atom is -0.386 e. The molecule has 0 bridgehead atoms. The van der Waals surface area contributed by atoms with Crippen LogP contribution in [-0.2, 0) is 4.74 Å². The molecule has 4 heteroatoms. The number of hydrogen-bond acceptors (Lipinski definition) is 3. The average molecular weight is 267 g/mol. The summed E-state index contributed by atoms with van der Waals surface area (Å²) in [6.45, 7) is 8.77. The molecule has 1 N–H and O–H groups in total. The van der Waals surface area contributed by atoms with Crippen molar-refractivity contribution in [2.45, 2.75) is 33.0 Å². The van der Waals surface area contributed by atoms with E-state index in [1.165, 1.54) is 6.07 Å². The highest BCUT2D eigenvalue weighted by Gasteiger charge is 2.30. The molecule has 1 aliphatic rings. The second kappa shape index (κ2) is 5.99. The quantitative estimate of drug-likeness (QED) is 0.911. The van der Waals surface area contributed by atoms with Gasteiger partial charge in [-0.3, -0.25) is 4.90 Å². The van der Waals surface area contributed by atoms with Crippen LogP contribution in [0.5, 0.6) is 0 Å². The lowest BCUT2D eigenvalue weighted by molar-refractivity contribution is -0.0899. The number of rotatable bonds is 3. The summed E-state index contributed by atoms with van der Waals surface area (Å²) in [4.78, 5) is 2.21. The molecule has 1 aromatic rings. The van der Waals surface area contributed by atoms with E-state index in [-0.39, 0.29) is 11.9 Å². The maximum Gasteiger partial charge on any atom is 0.129 e. The molecule has 19 heavy (non-hydrogen) atoms. The molecule has 0 radical (unpaired) electrons.